The number of carboxylic acids is 3. The van der Waals surface area contributed by atoms with Gasteiger partial charge in [-0.2, -0.15) is 0 Å². The van der Waals surface area contributed by atoms with Crippen molar-refractivity contribution < 1.29 is 68.9 Å². The van der Waals surface area contributed by atoms with E-state index in [0.29, 0.717) is 0 Å². The Morgan fingerprint density at radius 3 is 1.27 bits per heavy atom. The van der Waals surface area contributed by atoms with Crippen molar-refractivity contribution in [2.45, 2.75) is 18.4 Å². The number of carbonyl (C=O) groups excluding carboxylic acids is 3. The second kappa shape index (κ2) is 7.67. The van der Waals surface area contributed by atoms with Gasteiger partial charge in [0.1, 0.15) is 0 Å². The molecule has 0 bridgehead atoms. The third-order valence-electron chi connectivity index (χ3n) is 1.23. The predicted octanol–water partition coefficient (Wildman–Crippen LogP) is -5.89. The van der Waals surface area contributed by atoms with Crippen LogP contribution in [0, 0.1) is 0 Å². The van der Waals surface area contributed by atoms with E-state index in [2.05, 4.69) is 0 Å². The van der Waals surface area contributed by atoms with Crippen LogP contribution in [0.2, 0.25) is 0 Å². The fraction of sp³-hybridized carbons (Fsp3) is 0.500. The molecule has 0 aromatic rings. The summed E-state index contributed by atoms with van der Waals surface area (Å²) in [5.74, 6) is -6.22. The number of carbonyl (C=O) groups is 3. The molecular weight excluding hydrogens is 311 g/mol. The Labute approximate surface area is 105 Å². The molecule has 0 unspecified atom stereocenters. The second-order valence-electron chi connectivity index (χ2n) is 2.38. The normalized spacial score (nSPS) is 9.40. The van der Waals surface area contributed by atoms with Crippen molar-refractivity contribution in [2.75, 3.05) is 0 Å². The van der Waals surface area contributed by atoms with Crippen molar-refractivity contribution in [3.8, 4) is 0 Å². The Morgan fingerprint density at radius 2 is 1.13 bits per heavy atom. The Kier molecular flexibility index (Phi) is 10.2. The maximum atomic E-state index is 10.9. The van der Waals surface area contributed by atoms with E-state index >= 15 is 0 Å². The summed E-state index contributed by atoms with van der Waals surface area (Å²) in [6, 6.07) is 0. The summed E-state index contributed by atoms with van der Waals surface area (Å²) in [6.07, 6.45) is -2.94. The van der Waals surface area contributed by atoms with Crippen molar-refractivity contribution >= 4 is 17.9 Å². The fourth-order valence-electron chi connectivity index (χ4n) is 0.673. The molecule has 0 aliphatic rings. The monoisotopic (exact) mass is 314 g/mol. The van der Waals surface area contributed by atoms with Gasteiger partial charge in [-0.1, -0.05) is 5.60 Å². The summed E-state index contributed by atoms with van der Waals surface area (Å²) in [7, 11) is 0. The van der Waals surface area contributed by atoms with E-state index in [0.717, 1.165) is 0 Å². The van der Waals surface area contributed by atoms with Crippen LogP contribution in [0.1, 0.15) is 12.8 Å². The van der Waals surface area contributed by atoms with Crippen molar-refractivity contribution in [2.24, 2.45) is 0 Å². The molecule has 9 heteroatoms. The molecule has 0 saturated heterocycles. The van der Waals surface area contributed by atoms with Crippen molar-refractivity contribution in [3.63, 3.8) is 0 Å². The molecule has 15 heavy (non-hydrogen) atoms. The minimum atomic E-state index is -3.22. The molecule has 0 aliphatic heterocycles. The van der Waals surface area contributed by atoms with E-state index < -0.39 is 36.4 Å². The van der Waals surface area contributed by atoms with Crippen LogP contribution in [0.5, 0.6) is 0 Å². The molecule has 0 rings (SSSR count). The summed E-state index contributed by atoms with van der Waals surface area (Å²) < 4.78 is 0. The molecule has 0 aromatic carbocycles. The van der Waals surface area contributed by atoms with Gasteiger partial charge in [-0.25, -0.2) is 0 Å². The van der Waals surface area contributed by atoms with Gasteiger partial charge < -0.3 is 34.8 Å². The van der Waals surface area contributed by atoms with Gasteiger partial charge in [0.2, 0.25) is 0 Å². The number of hydrogen-bond acceptors (Lipinski definition) is 7. The van der Waals surface area contributed by atoms with Gasteiger partial charge in [0.15, 0.2) is 0 Å². The topological polar surface area (TPSA) is 143 Å². The summed E-state index contributed by atoms with van der Waals surface area (Å²) in [6.45, 7) is 0. The minimum absolute atomic E-state index is 0. The molecule has 0 N–H and O–H groups in total. The first-order chi connectivity index (χ1) is 5.78. The SMILES string of the molecule is O=C([O-])CC([O-])(CC(=O)[O-])C(=O)[O-].[Cu].[Cu]. The van der Waals surface area contributed by atoms with Crippen LogP contribution in [0.3, 0.4) is 0 Å². The van der Waals surface area contributed by atoms with Crippen molar-refractivity contribution in [3.05, 3.63) is 0 Å². The molecule has 0 atom stereocenters. The van der Waals surface area contributed by atoms with E-state index in [-0.39, 0.29) is 34.1 Å². The molecule has 0 aromatic heterocycles. The minimum Gasteiger partial charge on any atom is -0.845 e. The molecule has 0 amide bonds. The smallest absolute Gasteiger partial charge is 0.0410 e. The maximum Gasteiger partial charge on any atom is 0.0410 e. The predicted molar refractivity (Wildman–Crippen MR) is 27.0 cm³/mol. The average Bonchev–Trinajstić information content (AvgIpc) is 1.82. The van der Waals surface area contributed by atoms with Crippen LogP contribution in [0.15, 0.2) is 0 Å². The third-order valence-corrected chi connectivity index (χ3v) is 1.23. The largest absolute Gasteiger partial charge is 0.845 e. The van der Waals surface area contributed by atoms with E-state index in [1.165, 1.54) is 0 Å². The van der Waals surface area contributed by atoms with Crippen LogP contribution in [-0.2, 0) is 48.5 Å². The molecule has 96 valence electrons. The third kappa shape index (κ3) is 7.35. The molecule has 0 aliphatic carbocycles. The van der Waals surface area contributed by atoms with Crippen LogP contribution in [-0.4, -0.2) is 23.5 Å². The second-order valence-corrected chi connectivity index (χ2v) is 2.38. The number of carboxylic acid groups (broad SMARTS) is 3. The van der Waals surface area contributed by atoms with E-state index in [1.54, 1.807) is 0 Å². The van der Waals surface area contributed by atoms with Crippen LogP contribution in [0.25, 0.3) is 0 Å². The number of aliphatic carboxylic acids is 3. The molecule has 0 spiro atoms. The van der Waals surface area contributed by atoms with Gasteiger partial charge in [-0.3, -0.25) is 0 Å². The zero-order valence-electron chi connectivity index (χ0n) is 6.87. The molecular formula is C6H4Cu2O7-4. The van der Waals surface area contributed by atoms with Gasteiger partial charge in [0.05, 0.1) is 0 Å². The van der Waals surface area contributed by atoms with Gasteiger partial charge in [0, 0.05) is 52.0 Å². The molecule has 0 heterocycles. The van der Waals surface area contributed by atoms with E-state index in [1.807, 2.05) is 0 Å². The van der Waals surface area contributed by atoms with Crippen LogP contribution in [0.4, 0.5) is 0 Å². The van der Waals surface area contributed by atoms with Gasteiger partial charge >= 0.3 is 0 Å². The van der Waals surface area contributed by atoms with Crippen molar-refractivity contribution in [1.29, 1.82) is 0 Å². The Bertz CT molecular complexity index is 236. The summed E-state index contributed by atoms with van der Waals surface area (Å²) in [5.41, 5.74) is -3.22. The van der Waals surface area contributed by atoms with Crippen LogP contribution >= 0.6 is 0 Å². The van der Waals surface area contributed by atoms with Gasteiger partial charge in [-0.05, 0) is 12.8 Å². The molecule has 2 radical (unpaired) electrons. The zero-order valence-corrected chi connectivity index (χ0v) is 8.76. The first-order valence-electron chi connectivity index (χ1n) is 3.09. The summed E-state index contributed by atoms with van der Waals surface area (Å²) in [4.78, 5) is 29.9. The summed E-state index contributed by atoms with van der Waals surface area (Å²) >= 11 is 0. The van der Waals surface area contributed by atoms with Crippen molar-refractivity contribution in [1.82, 2.24) is 0 Å². The number of hydrogen-bond donors (Lipinski definition) is 0. The number of rotatable bonds is 5. The molecule has 0 fully saturated rings. The van der Waals surface area contributed by atoms with Crippen LogP contribution < -0.4 is 20.4 Å². The standard InChI is InChI=1S/C6H7O7.2Cu/c7-3(8)1-6(13,5(11)12)2-4(9)10;;/h1-2H2,(H,7,8)(H,9,10)(H,11,12);;/q-1;;/p-3. The molecule has 0 saturated carbocycles. The van der Waals surface area contributed by atoms with E-state index in [4.69, 9.17) is 0 Å². The quantitative estimate of drug-likeness (QED) is 0.459. The average molecular weight is 315 g/mol. The fourth-order valence-corrected chi connectivity index (χ4v) is 0.673. The Hall–Kier alpha value is -0.591. The van der Waals surface area contributed by atoms with Gasteiger partial charge in [0.25, 0.3) is 0 Å². The van der Waals surface area contributed by atoms with E-state index in [9.17, 15) is 34.8 Å². The zero-order chi connectivity index (χ0) is 10.6. The Balaban J connectivity index is -0.000000720. The Morgan fingerprint density at radius 1 is 0.867 bits per heavy atom. The summed E-state index contributed by atoms with van der Waals surface area (Å²) in [5, 5.41) is 40.8. The van der Waals surface area contributed by atoms with Gasteiger partial charge in [-0.15, -0.1) is 0 Å². The maximum absolute atomic E-state index is 10.9. The molecule has 7 nitrogen and oxygen atoms in total. The first-order valence-corrected chi connectivity index (χ1v) is 3.09. The first kappa shape index (κ1) is 19.9.